The Morgan fingerprint density at radius 1 is 0.826 bits per heavy atom. The summed E-state index contributed by atoms with van der Waals surface area (Å²) in [5.41, 5.74) is 1.75. The molecule has 1 heterocycles. The van der Waals surface area contributed by atoms with E-state index in [1.165, 1.54) is 0 Å². The van der Waals surface area contributed by atoms with Crippen molar-refractivity contribution in [1.29, 1.82) is 0 Å². The van der Waals surface area contributed by atoms with Crippen LogP contribution in [0, 0.1) is 0 Å². The van der Waals surface area contributed by atoms with Gasteiger partial charge in [-0.25, -0.2) is 4.79 Å². The zero-order chi connectivity index (χ0) is 16.1. The summed E-state index contributed by atoms with van der Waals surface area (Å²) in [6, 6.07) is 15.9. The average molecular weight is 309 g/mol. The molecule has 1 saturated heterocycles. The Morgan fingerprint density at radius 2 is 1.48 bits per heavy atom. The molecule has 2 aromatic rings. The molecule has 3 amide bonds. The van der Waals surface area contributed by atoms with Crippen LogP contribution < -0.4 is 10.6 Å². The van der Waals surface area contributed by atoms with Gasteiger partial charge >= 0.3 is 6.03 Å². The zero-order valence-corrected chi connectivity index (χ0v) is 12.8. The first-order chi connectivity index (χ1) is 11.2. The molecular formula is C18H19N3O2. The van der Waals surface area contributed by atoms with Crippen LogP contribution in [0.25, 0.3) is 0 Å². The fraction of sp³-hybridized carbons (Fsp3) is 0.222. The van der Waals surface area contributed by atoms with Gasteiger partial charge in [0.2, 0.25) is 0 Å². The summed E-state index contributed by atoms with van der Waals surface area (Å²) in [7, 11) is 0. The van der Waals surface area contributed by atoms with Gasteiger partial charge in [-0.3, -0.25) is 4.79 Å². The van der Waals surface area contributed by atoms with E-state index < -0.39 is 0 Å². The number of carbonyl (C=O) groups is 2. The van der Waals surface area contributed by atoms with Crippen molar-refractivity contribution >= 4 is 23.3 Å². The number of anilines is 2. The molecule has 0 radical (unpaired) electrons. The topological polar surface area (TPSA) is 61.4 Å². The zero-order valence-electron chi connectivity index (χ0n) is 12.8. The van der Waals surface area contributed by atoms with E-state index in [0.717, 1.165) is 25.9 Å². The summed E-state index contributed by atoms with van der Waals surface area (Å²) in [5, 5.41) is 5.52. The predicted octanol–water partition coefficient (Wildman–Crippen LogP) is 3.57. The van der Waals surface area contributed by atoms with Crippen molar-refractivity contribution in [3.63, 3.8) is 0 Å². The molecule has 0 bridgehead atoms. The highest BCUT2D eigenvalue weighted by molar-refractivity contribution is 6.06. The molecule has 2 N–H and O–H groups in total. The van der Waals surface area contributed by atoms with Gasteiger partial charge in [-0.1, -0.05) is 30.3 Å². The molecular weight excluding hydrogens is 290 g/mol. The summed E-state index contributed by atoms with van der Waals surface area (Å²) in [6.45, 7) is 1.56. The van der Waals surface area contributed by atoms with Gasteiger partial charge in [0.1, 0.15) is 0 Å². The lowest BCUT2D eigenvalue weighted by atomic mass is 10.1. The van der Waals surface area contributed by atoms with E-state index in [-0.39, 0.29) is 11.9 Å². The van der Waals surface area contributed by atoms with E-state index >= 15 is 0 Å². The van der Waals surface area contributed by atoms with Crippen molar-refractivity contribution < 1.29 is 9.59 Å². The second-order valence-electron chi connectivity index (χ2n) is 5.49. The van der Waals surface area contributed by atoms with Crippen molar-refractivity contribution in [3.8, 4) is 0 Å². The number of hydrogen-bond donors (Lipinski definition) is 2. The second-order valence-corrected chi connectivity index (χ2v) is 5.49. The number of carbonyl (C=O) groups excluding carboxylic acids is 2. The lowest BCUT2D eigenvalue weighted by Crippen LogP contribution is -2.29. The summed E-state index contributed by atoms with van der Waals surface area (Å²) in [6.07, 6.45) is 2.08. The van der Waals surface area contributed by atoms with Crippen molar-refractivity contribution in [1.82, 2.24) is 4.90 Å². The molecule has 5 heteroatoms. The number of benzene rings is 2. The minimum Gasteiger partial charge on any atom is -0.339 e. The van der Waals surface area contributed by atoms with Gasteiger partial charge < -0.3 is 15.5 Å². The van der Waals surface area contributed by atoms with Gasteiger partial charge in [0.15, 0.2) is 0 Å². The maximum absolute atomic E-state index is 12.6. The Morgan fingerprint density at radius 3 is 2.22 bits per heavy atom. The van der Waals surface area contributed by atoms with E-state index in [1.54, 1.807) is 30.3 Å². The molecule has 0 saturated carbocycles. The Kier molecular flexibility index (Phi) is 4.57. The molecule has 0 atom stereocenters. The van der Waals surface area contributed by atoms with E-state index in [1.807, 2.05) is 29.2 Å². The van der Waals surface area contributed by atoms with Crippen molar-refractivity contribution in [2.24, 2.45) is 0 Å². The molecule has 23 heavy (non-hydrogen) atoms. The van der Waals surface area contributed by atoms with Crippen LogP contribution in [0.3, 0.4) is 0 Å². The molecule has 3 rings (SSSR count). The van der Waals surface area contributed by atoms with E-state index in [9.17, 15) is 9.59 Å². The molecule has 0 spiro atoms. The third-order valence-electron chi connectivity index (χ3n) is 3.83. The third-order valence-corrected chi connectivity index (χ3v) is 3.83. The number of para-hydroxylation sites is 2. The minimum absolute atomic E-state index is 0.0295. The Balaban J connectivity index is 1.72. The summed E-state index contributed by atoms with van der Waals surface area (Å²) < 4.78 is 0. The quantitative estimate of drug-likeness (QED) is 0.910. The second kappa shape index (κ2) is 6.96. The smallest absolute Gasteiger partial charge is 0.323 e. The molecule has 0 aromatic heterocycles. The maximum atomic E-state index is 12.6. The molecule has 118 valence electrons. The number of hydrogen-bond acceptors (Lipinski definition) is 2. The number of amides is 3. The number of urea groups is 1. The molecule has 2 aromatic carbocycles. The fourth-order valence-electron chi connectivity index (χ4n) is 2.68. The van der Waals surface area contributed by atoms with Crippen LogP contribution in [0.15, 0.2) is 54.6 Å². The van der Waals surface area contributed by atoms with Gasteiger partial charge in [-0.2, -0.15) is 0 Å². The SMILES string of the molecule is O=C(Nc1ccccc1)Nc1ccccc1C(=O)N1CCCC1. The number of nitrogens with one attached hydrogen (secondary N) is 2. The standard InChI is InChI=1S/C18H19N3O2/c22-17(21-12-6-7-13-21)15-10-4-5-11-16(15)20-18(23)19-14-8-2-1-3-9-14/h1-5,8-11H,6-7,12-13H2,(H2,19,20,23). The van der Waals surface area contributed by atoms with Crippen LogP contribution in [0.2, 0.25) is 0 Å². The van der Waals surface area contributed by atoms with Gasteiger partial charge in [0, 0.05) is 18.8 Å². The third kappa shape index (κ3) is 3.69. The summed E-state index contributed by atoms with van der Waals surface area (Å²) in [5.74, 6) is -0.0295. The fourth-order valence-corrected chi connectivity index (χ4v) is 2.68. The molecule has 1 fully saturated rings. The van der Waals surface area contributed by atoms with Crippen LogP contribution in [0.1, 0.15) is 23.2 Å². The van der Waals surface area contributed by atoms with E-state index in [0.29, 0.717) is 16.9 Å². The van der Waals surface area contributed by atoms with Crippen LogP contribution >= 0.6 is 0 Å². The van der Waals surface area contributed by atoms with Crippen LogP contribution in [0.5, 0.6) is 0 Å². The summed E-state index contributed by atoms with van der Waals surface area (Å²) in [4.78, 5) is 26.5. The lowest BCUT2D eigenvalue weighted by Gasteiger charge is -2.18. The lowest BCUT2D eigenvalue weighted by molar-refractivity contribution is 0.0794. The average Bonchev–Trinajstić information content (AvgIpc) is 3.10. The molecule has 1 aliphatic heterocycles. The molecule has 1 aliphatic rings. The largest absolute Gasteiger partial charge is 0.339 e. The van der Waals surface area contributed by atoms with Crippen LogP contribution in [-0.4, -0.2) is 29.9 Å². The highest BCUT2D eigenvalue weighted by Gasteiger charge is 2.22. The van der Waals surface area contributed by atoms with Crippen molar-refractivity contribution in [2.75, 3.05) is 23.7 Å². The first kappa shape index (κ1) is 15.1. The van der Waals surface area contributed by atoms with Crippen molar-refractivity contribution in [3.05, 3.63) is 60.2 Å². The predicted molar refractivity (Wildman–Crippen MR) is 90.7 cm³/mol. The van der Waals surface area contributed by atoms with E-state index in [4.69, 9.17) is 0 Å². The summed E-state index contributed by atoms with van der Waals surface area (Å²) >= 11 is 0. The molecule has 0 unspecified atom stereocenters. The Labute approximate surface area is 135 Å². The normalized spacial score (nSPS) is 13.7. The van der Waals surface area contributed by atoms with Crippen molar-refractivity contribution in [2.45, 2.75) is 12.8 Å². The van der Waals surface area contributed by atoms with Gasteiger partial charge in [0.25, 0.3) is 5.91 Å². The number of likely N-dealkylation sites (tertiary alicyclic amines) is 1. The minimum atomic E-state index is -0.363. The highest BCUT2D eigenvalue weighted by Crippen LogP contribution is 2.20. The molecule has 5 nitrogen and oxygen atoms in total. The monoisotopic (exact) mass is 309 g/mol. The van der Waals surface area contributed by atoms with Gasteiger partial charge in [0.05, 0.1) is 11.3 Å². The van der Waals surface area contributed by atoms with Gasteiger partial charge in [-0.15, -0.1) is 0 Å². The number of nitrogens with zero attached hydrogens (tertiary/aromatic N) is 1. The Hall–Kier alpha value is -2.82. The maximum Gasteiger partial charge on any atom is 0.323 e. The Bertz CT molecular complexity index is 694. The first-order valence-corrected chi connectivity index (χ1v) is 7.75. The number of rotatable bonds is 3. The first-order valence-electron chi connectivity index (χ1n) is 7.75. The highest BCUT2D eigenvalue weighted by atomic mass is 16.2. The molecule has 0 aliphatic carbocycles. The van der Waals surface area contributed by atoms with Crippen LogP contribution in [-0.2, 0) is 0 Å². The van der Waals surface area contributed by atoms with Gasteiger partial charge in [-0.05, 0) is 37.1 Å². The van der Waals surface area contributed by atoms with Crippen LogP contribution in [0.4, 0.5) is 16.2 Å². The van der Waals surface area contributed by atoms with E-state index in [2.05, 4.69) is 10.6 Å².